The minimum atomic E-state index is -0.575. The topological polar surface area (TPSA) is 60.2 Å². The zero-order valence-electron chi connectivity index (χ0n) is 7.77. The molecule has 1 rings (SSSR count). The Morgan fingerprint density at radius 2 is 1.86 bits per heavy atom. The molecule has 0 aliphatic rings. The van der Waals surface area contributed by atoms with Crippen molar-refractivity contribution in [2.45, 2.75) is 12.2 Å². The normalized spacial score (nSPS) is 12.1. The van der Waals surface area contributed by atoms with E-state index in [2.05, 4.69) is 0 Å². The van der Waals surface area contributed by atoms with Crippen LogP contribution in [0.15, 0.2) is 30.3 Å². The van der Waals surface area contributed by atoms with Crippen LogP contribution in [0.3, 0.4) is 0 Å². The predicted octanol–water partition coefficient (Wildman–Crippen LogP) is 1.49. The second-order valence-electron chi connectivity index (χ2n) is 2.80. The Kier molecular flexibility index (Phi) is 3.71. The Morgan fingerprint density at radius 1 is 1.29 bits per heavy atom. The van der Waals surface area contributed by atoms with E-state index >= 15 is 0 Å². The standard InChI is InChI=1S/C10H11NO2S/c1-7(12)14-9(10(11)13)8-5-3-2-4-6-8/h2-6,9H,1H3,(H2,11,13). The summed E-state index contributed by atoms with van der Waals surface area (Å²) in [5, 5.41) is -0.689. The summed E-state index contributed by atoms with van der Waals surface area (Å²) in [6.07, 6.45) is 0. The van der Waals surface area contributed by atoms with Crippen LogP contribution in [-0.4, -0.2) is 11.0 Å². The maximum Gasteiger partial charge on any atom is 0.235 e. The molecule has 0 spiro atoms. The van der Waals surface area contributed by atoms with Gasteiger partial charge in [0.05, 0.1) is 0 Å². The quantitative estimate of drug-likeness (QED) is 0.820. The number of hydrogen-bond donors (Lipinski definition) is 1. The van der Waals surface area contributed by atoms with Gasteiger partial charge in [-0.2, -0.15) is 0 Å². The van der Waals surface area contributed by atoms with Crippen LogP contribution in [0.1, 0.15) is 17.7 Å². The molecule has 1 amide bonds. The van der Waals surface area contributed by atoms with Crippen LogP contribution < -0.4 is 5.73 Å². The zero-order chi connectivity index (χ0) is 10.6. The first kappa shape index (κ1) is 10.8. The van der Waals surface area contributed by atoms with E-state index in [1.54, 1.807) is 12.1 Å². The lowest BCUT2D eigenvalue weighted by atomic mass is 10.1. The molecule has 1 atom stereocenters. The molecule has 14 heavy (non-hydrogen) atoms. The number of benzene rings is 1. The molecule has 0 heterocycles. The van der Waals surface area contributed by atoms with Gasteiger partial charge in [-0.3, -0.25) is 9.59 Å². The van der Waals surface area contributed by atoms with Gasteiger partial charge in [-0.1, -0.05) is 42.1 Å². The summed E-state index contributed by atoms with van der Waals surface area (Å²) < 4.78 is 0. The van der Waals surface area contributed by atoms with Crippen LogP contribution in [0.25, 0.3) is 0 Å². The second kappa shape index (κ2) is 4.81. The van der Waals surface area contributed by atoms with Gasteiger partial charge in [0.15, 0.2) is 5.12 Å². The van der Waals surface area contributed by atoms with Gasteiger partial charge in [0, 0.05) is 6.92 Å². The van der Waals surface area contributed by atoms with Crippen LogP contribution in [-0.2, 0) is 9.59 Å². The first-order valence-electron chi connectivity index (χ1n) is 4.12. The summed E-state index contributed by atoms with van der Waals surface area (Å²) >= 11 is 0.947. The van der Waals surface area contributed by atoms with Gasteiger partial charge in [0.1, 0.15) is 5.25 Å². The van der Waals surface area contributed by atoms with Gasteiger partial charge in [-0.25, -0.2) is 0 Å². The minimum Gasteiger partial charge on any atom is -0.368 e. The molecule has 74 valence electrons. The fraction of sp³-hybridized carbons (Fsp3) is 0.200. The number of amides is 1. The average molecular weight is 209 g/mol. The third-order valence-electron chi connectivity index (χ3n) is 1.64. The SMILES string of the molecule is CC(=O)SC(C(N)=O)c1ccccc1. The minimum absolute atomic E-state index is 0.113. The number of hydrogen-bond acceptors (Lipinski definition) is 3. The van der Waals surface area contributed by atoms with Crippen molar-refractivity contribution in [1.29, 1.82) is 0 Å². The van der Waals surface area contributed by atoms with Crippen LogP contribution >= 0.6 is 11.8 Å². The predicted molar refractivity (Wildman–Crippen MR) is 56.6 cm³/mol. The Labute approximate surface area is 86.7 Å². The molecule has 0 fully saturated rings. The van der Waals surface area contributed by atoms with Gasteiger partial charge in [0.2, 0.25) is 5.91 Å². The van der Waals surface area contributed by atoms with Gasteiger partial charge in [0.25, 0.3) is 0 Å². The number of carbonyl (C=O) groups excluding carboxylic acids is 2. The highest BCUT2D eigenvalue weighted by Gasteiger charge is 2.19. The smallest absolute Gasteiger partial charge is 0.235 e. The Morgan fingerprint density at radius 3 is 2.29 bits per heavy atom. The lowest BCUT2D eigenvalue weighted by Crippen LogP contribution is -2.19. The number of primary amides is 1. The number of carbonyl (C=O) groups is 2. The lowest BCUT2D eigenvalue weighted by Gasteiger charge is -2.10. The molecule has 3 nitrogen and oxygen atoms in total. The summed E-state index contributed by atoms with van der Waals surface area (Å²) in [7, 11) is 0. The molecular weight excluding hydrogens is 198 g/mol. The van der Waals surface area contributed by atoms with E-state index in [1.165, 1.54) is 6.92 Å². The molecule has 1 unspecified atom stereocenters. The Hall–Kier alpha value is -1.29. The lowest BCUT2D eigenvalue weighted by molar-refractivity contribution is -0.118. The summed E-state index contributed by atoms with van der Waals surface area (Å²) in [6, 6.07) is 9.04. The molecule has 0 aromatic heterocycles. The van der Waals surface area contributed by atoms with Crippen LogP contribution in [0.2, 0.25) is 0 Å². The van der Waals surface area contributed by atoms with Gasteiger partial charge in [-0.15, -0.1) is 0 Å². The van der Waals surface area contributed by atoms with E-state index in [0.29, 0.717) is 0 Å². The molecule has 0 bridgehead atoms. The monoisotopic (exact) mass is 209 g/mol. The van der Waals surface area contributed by atoms with Crippen molar-refractivity contribution in [1.82, 2.24) is 0 Å². The van der Waals surface area contributed by atoms with E-state index in [1.807, 2.05) is 18.2 Å². The zero-order valence-corrected chi connectivity index (χ0v) is 8.58. The average Bonchev–Trinajstić information content (AvgIpc) is 2.15. The maximum absolute atomic E-state index is 11.1. The van der Waals surface area contributed by atoms with Crippen molar-refractivity contribution in [3.63, 3.8) is 0 Å². The number of thioether (sulfide) groups is 1. The van der Waals surface area contributed by atoms with Crippen molar-refractivity contribution >= 4 is 22.8 Å². The van der Waals surface area contributed by atoms with E-state index in [9.17, 15) is 9.59 Å². The van der Waals surface area contributed by atoms with E-state index < -0.39 is 11.2 Å². The van der Waals surface area contributed by atoms with Gasteiger partial charge in [-0.05, 0) is 5.56 Å². The Bertz CT molecular complexity index is 337. The largest absolute Gasteiger partial charge is 0.368 e. The molecule has 0 radical (unpaired) electrons. The van der Waals surface area contributed by atoms with E-state index in [-0.39, 0.29) is 5.12 Å². The fourth-order valence-electron chi connectivity index (χ4n) is 1.08. The highest BCUT2D eigenvalue weighted by Crippen LogP contribution is 2.28. The van der Waals surface area contributed by atoms with Crippen LogP contribution in [0, 0.1) is 0 Å². The van der Waals surface area contributed by atoms with Crippen LogP contribution in [0.5, 0.6) is 0 Å². The summed E-state index contributed by atoms with van der Waals surface area (Å²) in [5.74, 6) is -0.489. The second-order valence-corrected chi connectivity index (χ2v) is 4.08. The molecule has 1 aromatic rings. The van der Waals surface area contributed by atoms with Gasteiger partial charge >= 0.3 is 0 Å². The van der Waals surface area contributed by atoms with Crippen molar-refractivity contribution in [3.05, 3.63) is 35.9 Å². The van der Waals surface area contributed by atoms with Crippen molar-refractivity contribution in [2.75, 3.05) is 0 Å². The van der Waals surface area contributed by atoms with Crippen molar-refractivity contribution < 1.29 is 9.59 Å². The van der Waals surface area contributed by atoms with Crippen molar-refractivity contribution in [3.8, 4) is 0 Å². The molecule has 1 aromatic carbocycles. The molecule has 0 saturated carbocycles. The molecule has 2 N–H and O–H groups in total. The molecule has 0 aliphatic carbocycles. The highest BCUT2D eigenvalue weighted by atomic mass is 32.2. The van der Waals surface area contributed by atoms with E-state index in [4.69, 9.17) is 5.73 Å². The van der Waals surface area contributed by atoms with E-state index in [0.717, 1.165) is 17.3 Å². The van der Waals surface area contributed by atoms with Crippen LogP contribution in [0.4, 0.5) is 0 Å². The fourth-order valence-corrected chi connectivity index (χ4v) is 1.83. The first-order valence-corrected chi connectivity index (χ1v) is 5.00. The summed E-state index contributed by atoms with van der Waals surface area (Å²) in [4.78, 5) is 22.0. The third-order valence-corrected chi connectivity index (χ3v) is 2.72. The third kappa shape index (κ3) is 2.88. The highest BCUT2D eigenvalue weighted by molar-refractivity contribution is 8.14. The maximum atomic E-state index is 11.1. The molecular formula is C10H11NO2S. The number of nitrogens with two attached hydrogens (primary N) is 1. The Balaban J connectivity index is 2.89. The summed E-state index contributed by atoms with van der Waals surface area (Å²) in [5.41, 5.74) is 5.97. The molecule has 0 aliphatic heterocycles. The molecule has 4 heteroatoms. The summed E-state index contributed by atoms with van der Waals surface area (Å²) in [6.45, 7) is 1.42. The van der Waals surface area contributed by atoms with Gasteiger partial charge < -0.3 is 5.73 Å². The van der Waals surface area contributed by atoms with Crippen molar-refractivity contribution in [2.24, 2.45) is 5.73 Å². The number of rotatable bonds is 3. The first-order chi connectivity index (χ1) is 6.61. The molecule has 0 saturated heterocycles.